The molecule has 1 aliphatic heterocycles. The highest BCUT2D eigenvalue weighted by molar-refractivity contribution is 9.10. The molecule has 2 aliphatic rings. The molecule has 1 saturated heterocycles. The van der Waals surface area contributed by atoms with Crippen molar-refractivity contribution in [2.75, 3.05) is 21.3 Å². The molecule has 1 aromatic rings. The number of hydrogen-bond acceptors (Lipinski definition) is 4. The molecule has 1 heterocycles. The minimum absolute atomic E-state index is 0.0221. The second kappa shape index (κ2) is 7.96. The number of likely N-dealkylation sites (N-methyl/N-ethyl adjacent to an activating group) is 1. The van der Waals surface area contributed by atoms with Crippen molar-refractivity contribution < 1.29 is 14.3 Å². The Morgan fingerprint density at radius 2 is 1.77 bits per heavy atom. The zero-order valence-corrected chi connectivity index (χ0v) is 17.7. The zero-order chi connectivity index (χ0) is 18.8. The van der Waals surface area contributed by atoms with Gasteiger partial charge in [0.05, 0.1) is 14.2 Å². The Labute approximate surface area is 168 Å². The third-order valence-corrected chi connectivity index (χ3v) is 6.18. The van der Waals surface area contributed by atoms with Crippen LogP contribution in [0.3, 0.4) is 0 Å². The number of rotatable bonds is 4. The highest BCUT2D eigenvalue weighted by Crippen LogP contribution is 2.36. The van der Waals surface area contributed by atoms with E-state index < -0.39 is 0 Å². The zero-order valence-electron chi connectivity index (χ0n) is 15.3. The first-order chi connectivity index (χ1) is 12.5. The molecule has 0 radical (unpaired) electrons. The summed E-state index contributed by atoms with van der Waals surface area (Å²) in [5.74, 6) is 1.22. The maximum atomic E-state index is 13.1. The molecular weight excluding hydrogens is 416 g/mol. The van der Waals surface area contributed by atoms with Crippen LogP contribution in [0.5, 0.6) is 11.5 Å². The van der Waals surface area contributed by atoms with Gasteiger partial charge in [0, 0.05) is 17.6 Å². The van der Waals surface area contributed by atoms with Crippen LogP contribution < -0.4 is 9.47 Å². The summed E-state index contributed by atoms with van der Waals surface area (Å²) in [6.07, 6.45) is 7.44. The number of amides is 1. The van der Waals surface area contributed by atoms with Gasteiger partial charge in [-0.15, -0.1) is 0 Å². The van der Waals surface area contributed by atoms with Gasteiger partial charge in [0.25, 0.3) is 5.91 Å². The van der Waals surface area contributed by atoms with Gasteiger partial charge in [0.1, 0.15) is 5.70 Å². The highest BCUT2D eigenvalue weighted by atomic mass is 79.9. The van der Waals surface area contributed by atoms with Crippen molar-refractivity contribution in [2.24, 2.45) is 0 Å². The topological polar surface area (TPSA) is 42.0 Å². The smallest absolute Gasteiger partial charge is 0.277 e. The molecule has 1 saturated carbocycles. The summed E-state index contributed by atoms with van der Waals surface area (Å²) in [4.78, 5) is 16.7. The van der Waals surface area contributed by atoms with Gasteiger partial charge in [-0.25, -0.2) is 0 Å². The molecular formula is C19H23BrN2O3S. The van der Waals surface area contributed by atoms with Crippen molar-refractivity contribution in [3.8, 4) is 11.5 Å². The summed E-state index contributed by atoms with van der Waals surface area (Å²) in [5.41, 5.74) is 1.42. The van der Waals surface area contributed by atoms with Crippen LogP contribution >= 0.6 is 28.1 Å². The molecule has 3 rings (SSSR count). The van der Waals surface area contributed by atoms with Gasteiger partial charge in [-0.1, -0.05) is 35.2 Å². The average molecular weight is 439 g/mol. The summed E-state index contributed by atoms with van der Waals surface area (Å²) in [7, 11) is 5.04. The summed E-state index contributed by atoms with van der Waals surface area (Å²) in [5, 5.41) is 0.588. The Balaban J connectivity index is 1.95. The van der Waals surface area contributed by atoms with Crippen LogP contribution in [0, 0.1) is 0 Å². The normalized spacial score (nSPS) is 20.2. The van der Waals surface area contributed by atoms with E-state index in [-0.39, 0.29) is 11.9 Å². The summed E-state index contributed by atoms with van der Waals surface area (Å²) >= 11 is 9.12. The molecule has 0 N–H and O–H groups in total. The molecule has 0 spiro atoms. The Kier molecular flexibility index (Phi) is 5.87. The fraction of sp³-hybridized carbons (Fsp3) is 0.474. The molecule has 1 aromatic carbocycles. The molecule has 2 fully saturated rings. The Morgan fingerprint density at radius 3 is 2.38 bits per heavy atom. The van der Waals surface area contributed by atoms with Crippen LogP contribution in [0.2, 0.25) is 0 Å². The van der Waals surface area contributed by atoms with Gasteiger partial charge in [0.15, 0.2) is 16.6 Å². The van der Waals surface area contributed by atoms with E-state index in [0.29, 0.717) is 22.3 Å². The number of carbonyl (C=O) groups excluding carboxylic acids is 1. The molecule has 0 atom stereocenters. The van der Waals surface area contributed by atoms with Gasteiger partial charge in [-0.3, -0.25) is 9.69 Å². The number of nitrogens with zero attached hydrogens (tertiary/aromatic N) is 2. The second-order valence-corrected chi connectivity index (χ2v) is 7.79. The second-order valence-electron chi connectivity index (χ2n) is 6.57. The predicted molar refractivity (Wildman–Crippen MR) is 109 cm³/mol. The molecule has 0 bridgehead atoms. The van der Waals surface area contributed by atoms with Crippen LogP contribution in [0.25, 0.3) is 6.08 Å². The lowest BCUT2D eigenvalue weighted by molar-refractivity contribution is -0.124. The van der Waals surface area contributed by atoms with Crippen LogP contribution in [-0.2, 0) is 4.79 Å². The van der Waals surface area contributed by atoms with Crippen LogP contribution in [0.4, 0.5) is 0 Å². The maximum absolute atomic E-state index is 13.1. The van der Waals surface area contributed by atoms with E-state index in [1.807, 2.05) is 25.3 Å². The number of hydrogen-bond donors (Lipinski definition) is 0. The first-order valence-corrected chi connectivity index (χ1v) is 9.92. The van der Waals surface area contributed by atoms with Crippen LogP contribution in [-0.4, -0.2) is 48.1 Å². The highest BCUT2D eigenvalue weighted by Gasteiger charge is 2.40. The van der Waals surface area contributed by atoms with Gasteiger partial charge in [-0.2, -0.15) is 0 Å². The SMILES string of the molecule is COc1cc(Br)c(/C=C2/C(=O)N(C3CCCCC3)C(=S)N2C)cc1OC. The fourth-order valence-electron chi connectivity index (χ4n) is 3.57. The Hall–Kier alpha value is -1.60. The summed E-state index contributed by atoms with van der Waals surface area (Å²) < 4.78 is 11.5. The maximum Gasteiger partial charge on any atom is 0.277 e. The van der Waals surface area contributed by atoms with Gasteiger partial charge < -0.3 is 14.4 Å². The molecule has 140 valence electrons. The molecule has 0 aromatic heterocycles. The molecule has 1 aliphatic carbocycles. The number of ether oxygens (including phenoxy) is 2. The van der Waals surface area contributed by atoms with E-state index in [2.05, 4.69) is 15.9 Å². The first-order valence-electron chi connectivity index (χ1n) is 8.72. The quantitative estimate of drug-likeness (QED) is 0.520. The standard InChI is InChI=1S/C19H23BrN2O3S/c1-21-15(9-12-10-16(24-2)17(25-3)11-14(12)20)18(23)22(19(21)26)13-7-5-4-6-8-13/h9-11,13H,4-8H2,1-3H3/b15-9-. The number of benzene rings is 1. The minimum atomic E-state index is -0.0221. The minimum Gasteiger partial charge on any atom is -0.493 e. The molecule has 0 unspecified atom stereocenters. The third kappa shape index (κ3) is 3.47. The average Bonchev–Trinajstić information content (AvgIpc) is 2.86. The van der Waals surface area contributed by atoms with E-state index >= 15 is 0 Å². The lowest BCUT2D eigenvalue weighted by Crippen LogP contribution is -2.41. The van der Waals surface area contributed by atoms with Crippen molar-refractivity contribution in [1.82, 2.24) is 9.80 Å². The molecule has 5 nitrogen and oxygen atoms in total. The van der Waals surface area contributed by atoms with Gasteiger partial charge in [0.2, 0.25) is 0 Å². The van der Waals surface area contributed by atoms with E-state index in [0.717, 1.165) is 35.7 Å². The fourth-order valence-corrected chi connectivity index (χ4v) is 4.33. The monoisotopic (exact) mass is 438 g/mol. The van der Waals surface area contributed by atoms with Crippen LogP contribution in [0.1, 0.15) is 37.7 Å². The van der Waals surface area contributed by atoms with E-state index in [9.17, 15) is 4.79 Å². The number of carbonyl (C=O) groups is 1. The van der Waals surface area contributed by atoms with Gasteiger partial charge >= 0.3 is 0 Å². The third-order valence-electron chi connectivity index (χ3n) is 5.03. The largest absolute Gasteiger partial charge is 0.493 e. The number of halogens is 1. The van der Waals surface area contributed by atoms with Crippen molar-refractivity contribution in [3.63, 3.8) is 0 Å². The lowest BCUT2D eigenvalue weighted by atomic mass is 9.94. The Bertz CT molecular complexity index is 759. The number of thiocarbonyl (C=S) groups is 1. The number of methoxy groups -OCH3 is 2. The first kappa shape index (κ1) is 19.2. The van der Waals surface area contributed by atoms with Gasteiger partial charge in [-0.05, 0) is 48.8 Å². The van der Waals surface area contributed by atoms with Crippen molar-refractivity contribution >= 4 is 45.2 Å². The van der Waals surface area contributed by atoms with Crippen molar-refractivity contribution in [2.45, 2.75) is 38.1 Å². The summed E-state index contributed by atoms with van der Waals surface area (Å²) in [6, 6.07) is 3.90. The van der Waals surface area contributed by atoms with E-state index in [1.54, 1.807) is 24.0 Å². The lowest BCUT2D eigenvalue weighted by Gasteiger charge is -2.30. The molecule has 26 heavy (non-hydrogen) atoms. The predicted octanol–water partition coefficient (Wildman–Crippen LogP) is 4.20. The van der Waals surface area contributed by atoms with Crippen molar-refractivity contribution in [3.05, 3.63) is 27.9 Å². The summed E-state index contributed by atoms with van der Waals surface area (Å²) in [6.45, 7) is 0. The van der Waals surface area contributed by atoms with Crippen LogP contribution in [0.15, 0.2) is 22.3 Å². The molecule has 1 amide bonds. The Morgan fingerprint density at radius 1 is 1.15 bits per heavy atom. The van der Waals surface area contributed by atoms with Crippen molar-refractivity contribution in [1.29, 1.82) is 0 Å². The molecule has 7 heteroatoms. The van der Waals surface area contributed by atoms with E-state index in [4.69, 9.17) is 21.7 Å². The van der Waals surface area contributed by atoms with E-state index in [1.165, 1.54) is 6.42 Å².